The zero-order chi connectivity index (χ0) is 19.3. The Morgan fingerprint density at radius 2 is 1.69 bits per heavy atom. The normalized spacial score (nSPS) is 17.8. The quantitative estimate of drug-likeness (QED) is 0.773. The van der Waals surface area contributed by atoms with E-state index in [4.69, 9.17) is 0 Å². The molecule has 1 fully saturated rings. The van der Waals surface area contributed by atoms with Gasteiger partial charge in [0, 0.05) is 31.9 Å². The molecule has 0 spiro atoms. The van der Waals surface area contributed by atoms with Crippen LogP contribution in [0.1, 0.15) is 27.2 Å². The number of hydrogen-bond donors (Lipinski definition) is 2. The monoisotopic (exact) mass is 365 g/mol. The minimum atomic E-state index is -1.000. The molecule has 7 heteroatoms. The zero-order valence-electron chi connectivity index (χ0n) is 15.6. The Morgan fingerprint density at radius 3 is 2.19 bits per heavy atom. The van der Waals surface area contributed by atoms with Crippen LogP contribution in [0.2, 0.25) is 0 Å². The second-order valence-corrected chi connectivity index (χ2v) is 7.20. The molecular weight excluding hydrogens is 337 g/mol. The van der Waals surface area contributed by atoms with Gasteiger partial charge in [-0.1, -0.05) is 13.8 Å². The van der Waals surface area contributed by atoms with Crippen molar-refractivity contribution in [1.29, 1.82) is 0 Å². The number of amides is 1. The van der Waals surface area contributed by atoms with Crippen LogP contribution in [-0.4, -0.2) is 60.1 Å². The number of carbonyl (C=O) groups excluding carboxylic acids is 1. The van der Waals surface area contributed by atoms with E-state index in [0.29, 0.717) is 19.5 Å². The van der Waals surface area contributed by atoms with Gasteiger partial charge in [0.15, 0.2) is 0 Å². The molecule has 2 N–H and O–H groups in total. The van der Waals surface area contributed by atoms with Gasteiger partial charge in [-0.05, 0) is 43.5 Å². The van der Waals surface area contributed by atoms with Gasteiger partial charge in [-0.3, -0.25) is 9.69 Å². The Bertz CT molecular complexity index is 613. The highest BCUT2D eigenvalue weighted by molar-refractivity contribution is 5.86. The molecule has 0 aliphatic carbocycles. The SMILES string of the molecule is CC(C)C[C@H](NC(=O)C(C)N1CCN(c2ccc(F)cc2)CC1)C(=O)O. The smallest absolute Gasteiger partial charge is 0.326 e. The molecule has 0 radical (unpaired) electrons. The summed E-state index contributed by atoms with van der Waals surface area (Å²) in [4.78, 5) is 28.0. The molecule has 2 atom stereocenters. The van der Waals surface area contributed by atoms with Gasteiger partial charge >= 0.3 is 5.97 Å². The predicted octanol–water partition coefficient (Wildman–Crippen LogP) is 1.95. The highest BCUT2D eigenvalue weighted by Crippen LogP contribution is 2.18. The number of carboxylic acid groups (broad SMARTS) is 1. The van der Waals surface area contributed by atoms with E-state index in [1.807, 2.05) is 18.7 Å². The van der Waals surface area contributed by atoms with Gasteiger partial charge in [0.2, 0.25) is 5.91 Å². The summed E-state index contributed by atoms with van der Waals surface area (Å²) in [6, 6.07) is 5.15. The number of carboxylic acids is 1. The number of nitrogens with one attached hydrogen (secondary N) is 1. The Hall–Kier alpha value is -2.15. The molecule has 2 rings (SSSR count). The lowest BCUT2D eigenvalue weighted by Crippen LogP contribution is -2.56. The van der Waals surface area contributed by atoms with Crippen molar-refractivity contribution in [3.63, 3.8) is 0 Å². The largest absolute Gasteiger partial charge is 0.480 e. The lowest BCUT2D eigenvalue weighted by atomic mass is 10.0. The highest BCUT2D eigenvalue weighted by atomic mass is 19.1. The summed E-state index contributed by atoms with van der Waals surface area (Å²) >= 11 is 0. The Kier molecular flexibility index (Phi) is 6.97. The third kappa shape index (κ3) is 5.42. The minimum absolute atomic E-state index is 0.186. The summed E-state index contributed by atoms with van der Waals surface area (Å²) in [5.74, 6) is -1.33. The molecule has 6 nitrogen and oxygen atoms in total. The van der Waals surface area contributed by atoms with Gasteiger partial charge in [-0.25, -0.2) is 9.18 Å². The molecule has 1 aromatic rings. The second-order valence-electron chi connectivity index (χ2n) is 7.20. The van der Waals surface area contributed by atoms with Crippen LogP contribution in [0.4, 0.5) is 10.1 Å². The van der Waals surface area contributed by atoms with Gasteiger partial charge in [0.1, 0.15) is 11.9 Å². The van der Waals surface area contributed by atoms with E-state index in [0.717, 1.165) is 18.8 Å². The number of nitrogens with zero attached hydrogens (tertiary/aromatic N) is 2. The maximum Gasteiger partial charge on any atom is 0.326 e. The topological polar surface area (TPSA) is 72.9 Å². The molecule has 1 heterocycles. The number of halogens is 1. The number of carbonyl (C=O) groups is 2. The molecule has 0 saturated carbocycles. The van der Waals surface area contributed by atoms with Gasteiger partial charge in [-0.15, -0.1) is 0 Å². The fraction of sp³-hybridized carbons (Fsp3) is 0.579. The lowest BCUT2D eigenvalue weighted by molar-refractivity contribution is -0.143. The van der Waals surface area contributed by atoms with Crippen LogP contribution in [0, 0.1) is 11.7 Å². The van der Waals surface area contributed by atoms with Crippen molar-refractivity contribution in [3.05, 3.63) is 30.1 Å². The van der Waals surface area contributed by atoms with Crippen molar-refractivity contribution < 1.29 is 19.1 Å². The van der Waals surface area contributed by atoms with Crippen LogP contribution in [0.15, 0.2) is 24.3 Å². The number of anilines is 1. The molecule has 26 heavy (non-hydrogen) atoms. The van der Waals surface area contributed by atoms with E-state index in [1.54, 1.807) is 19.1 Å². The summed E-state index contributed by atoms with van der Waals surface area (Å²) in [5.41, 5.74) is 0.964. The standard InChI is InChI=1S/C19H28FN3O3/c1-13(2)12-17(19(25)26)21-18(24)14(3)22-8-10-23(11-9-22)16-6-4-15(20)5-7-16/h4-7,13-14,17H,8-12H2,1-3H3,(H,21,24)(H,25,26)/t14?,17-/m0/s1. The number of aliphatic carboxylic acids is 1. The zero-order valence-corrected chi connectivity index (χ0v) is 15.6. The van der Waals surface area contributed by atoms with E-state index in [-0.39, 0.29) is 23.7 Å². The van der Waals surface area contributed by atoms with Gasteiger partial charge in [0.25, 0.3) is 0 Å². The molecule has 1 aliphatic rings. The molecule has 0 bridgehead atoms. The van der Waals surface area contributed by atoms with Crippen molar-refractivity contribution in [2.24, 2.45) is 5.92 Å². The summed E-state index contributed by atoms with van der Waals surface area (Å²) < 4.78 is 13.0. The first-order valence-corrected chi connectivity index (χ1v) is 9.05. The van der Waals surface area contributed by atoms with E-state index >= 15 is 0 Å². The number of benzene rings is 1. The molecule has 1 saturated heterocycles. The summed E-state index contributed by atoms with van der Waals surface area (Å²) in [5, 5.41) is 11.9. The van der Waals surface area contributed by atoms with Gasteiger partial charge in [0.05, 0.1) is 6.04 Å². The third-order valence-electron chi connectivity index (χ3n) is 4.75. The van der Waals surface area contributed by atoms with Crippen molar-refractivity contribution >= 4 is 17.6 Å². The first-order chi connectivity index (χ1) is 12.3. The Labute approximate surface area is 154 Å². The maximum atomic E-state index is 13.0. The molecular formula is C19H28FN3O3. The van der Waals surface area contributed by atoms with Crippen LogP contribution in [-0.2, 0) is 9.59 Å². The lowest BCUT2D eigenvalue weighted by Gasteiger charge is -2.38. The van der Waals surface area contributed by atoms with Gasteiger partial charge in [-0.2, -0.15) is 0 Å². The minimum Gasteiger partial charge on any atom is -0.480 e. The van der Waals surface area contributed by atoms with E-state index in [9.17, 15) is 19.1 Å². The summed E-state index contributed by atoms with van der Waals surface area (Å²) in [6.07, 6.45) is 0.409. The number of rotatable bonds is 7. The number of hydrogen-bond acceptors (Lipinski definition) is 4. The van der Waals surface area contributed by atoms with Crippen molar-refractivity contribution in [2.45, 2.75) is 39.3 Å². The van der Waals surface area contributed by atoms with Crippen molar-refractivity contribution in [2.75, 3.05) is 31.1 Å². The second kappa shape index (κ2) is 8.98. The average Bonchev–Trinajstić information content (AvgIpc) is 2.61. The fourth-order valence-corrected chi connectivity index (χ4v) is 3.17. The third-order valence-corrected chi connectivity index (χ3v) is 4.75. The molecule has 1 aliphatic heterocycles. The van der Waals surface area contributed by atoms with Crippen LogP contribution in [0.5, 0.6) is 0 Å². The van der Waals surface area contributed by atoms with Crippen LogP contribution in [0.3, 0.4) is 0 Å². The molecule has 144 valence electrons. The Balaban J connectivity index is 1.88. The average molecular weight is 365 g/mol. The fourth-order valence-electron chi connectivity index (χ4n) is 3.17. The van der Waals surface area contributed by atoms with Crippen LogP contribution < -0.4 is 10.2 Å². The van der Waals surface area contributed by atoms with Crippen LogP contribution in [0.25, 0.3) is 0 Å². The summed E-state index contributed by atoms with van der Waals surface area (Å²) in [7, 11) is 0. The Morgan fingerprint density at radius 1 is 1.12 bits per heavy atom. The number of piperazine rings is 1. The first-order valence-electron chi connectivity index (χ1n) is 9.05. The molecule has 0 aromatic heterocycles. The van der Waals surface area contributed by atoms with Crippen LogP contribution >= 0.6 is 0 Å². The van der Waals surface area contributed by atoms with Gasteiger partial charge < -0.3 is 15.3 Å². The highest BCUT2D eigenvalue weighted by Gasteiger charge is 2.29. The van der Waals surface area contributed by atoms with E-state index in [1.165, 1.54) is 12.1 Å². The van der Waals surface area contributed by atoms with E-state index < -0.39 is 12.0 Å². The first kappa shape index (κ1) is 20.2. The predicted molar refractivity (Wildman–Crippen MR) is 98.7 cm³/mol. The maximum absolute atomic E-state index is 13.0. The van der Waals surface area contributed by atoms with Crippen molar-refractivity contribution in [1.82, 2.24) is 10.2 Å². The molecule has 1 amide bonds. The molecule has 1 unspecified atom stereocenters. The molecule has 1 aromatic carbocycles. The summed E-state index contributed by atoms with van der Waals surface area (Å²) in [6.45, 7) is 8.51. The van der Waals surface area contributed by atoms with E-state index in [2.05, 4.69) is 10.2 Å². The van der Waals surface area contributed by atoms with Crippen molar-refractivity contribution in [3.8, 4) is 0 Å².